The van der Waals surface area contributed by atoms with E-state index in [0.717, 1.165) is 49.8 Å². The van der Waals surface area contributed by atoms with Crippen molar-refractivity contribution in [3.8, 4) is 5.75 Å². The van der Waals surface area contributed by atoms with E-state index in [1.54, 1.807) is 42.5 Å². The van der Waals surface area contributed by atoms with Gasteiger partial charge in [0.05, 0.1) is 12.0 Å². The lowest BCUT2D eigenvalue weighted by Crippen LogP contribution is -2.29. The van der Waals surface area contributed by atoms with Crippen LogP contribution in [0.15, 0.2) is 48.5 Å². The number of nitrogens with two attached hydrogens (primary N) is 2. The monoisotopic (exact) mass is 550 g/mol. The summed E-state index contributed by atoms with van der Waals surface area (Å²) >= 11 is 0. The first-order chi connectivity index (χ1) is 19.2. The lowest BCUT2D eigenvalue weighted by atomic mass is 9.84. The smallest absolute Gasteiger partial charge is 0.330 e. The Morgan fingerprint density at radius 2 is 1.65 bits per heavy atom. The van der Waals surface area contributed by atoms with Gasteiger partial charge in [0.1, 0.15) is 12.4 Å². The molecule has 218 valence electrons. The van der Waals surface area contributed by atoms with Crippen LogP contribution in [0.2, 0.25) is 0 Å². The van der Waals surface area contributed by atoms with Gasteiger partial charge in [-0.05, 0) is 73.6 Å². The standard InChI is InChI=1S/C33H46N2O5/c1-4-5-6-7-8-21-38-27-17-12-25(13-18-27)32(37)40-28-15-9-24(10-16-28)11-20-31(36)39-23-33(2,3)29-19-14-26(34)22-30(29)35/h9-11,14-16,19-20,22,25,27H,4-8,12-13,17-18,21,23,34-35H2,1-3H3/b20-11+. The molecular weight excluding hydrogens is 504 g/mol. The van der Waals surface area contributed by atoms with Crippen molar-refractivity contribution in [2.75, 3.05) is 24.7 Å². The molecule has 0 spiro atoms. The molecule has 0 heterocycles. The minimum atomic E-state index is -0.465. The summed E-state index contributed by atoms with van der Waals surface area (Å²) in [6.07, 6.45) is 12.9. The maximum Gasteiger partial charge on any atom is 0.330 e. The number of carbonyl (C=O) groups excluding carboxylic acids is 2. The molecule has 40 heavy (non-hydrogen) atoms. The van der Waals surface area contributed by atoms with Crippen LogP contribution in [0, 0.1) is 5.92 Å². The molecule has 0 atom stereocenters. The van der Waals surface area contributed by atoms with Gasteiger partial charge in [0.15, 0.2) is 0 Å². The lowest BCUT2D eigenvalue weighted by Gasteiger charge is -2.27. The average molecular weight is 551 g/mol. The van der Waals surface area contributed by atoms with Crippen LogP contribution in [-0.2, 0) is 24.5 Å². The summed E-state index contributed by atoms with van der Waals surface area (Å²) in [7, 11) is 0. The van der Waals surface area contributed by atoms with Gasteiger partial charge in [-0.3, -0.25) is 4.79 Å². The molecule has 1 fully saturated rings. The molecule has 0 aliphatic heterocycles. The Morgan fingerprint density at radius 1 is 0.950 bits per heavy atom. The van der Waals surface area contributed by atoms with Gasteiger partial charge >= 0.3 is 11.9 Å². The van der Waals surface area contributed by atoms with Gasteiger partial charge in [-0.2, -0.15) is 0 Å². The Bertz CT molecular complexity index is 1120. The zero-order chi connectivity index (χ0) is 29.0. The van der Waals surface area contributed by atoms with Crippen LogP contribution in [-0.4, -0.2) is 31.3 Å². The van der Waals surface area contributed by atoms with E-state index in [2.05, 4.69) is 6.92 Å². The van der Waals surface area contributed by atoms with E-state index in [4.69, 9.17) is 25.7 Å². The molecule has 1 aliphatic rings. The minimum Gasteiger partial charge on any atom is -0.462 e. The molecule has 0 amide bonds. The highest BCUT2D eigenvalue weighted by atomic mass is 16.5. The minimum absolute atomic E-state index is 0.0911. The van der Waals surface area contributed by atoms with E-state index < -0.39 is 11.4 Å². The van der Waals surface area contributed by atoms with Gasteiger partial charge in [-0.15, -0.1) is 0 Å². The van der Waals surface area contributed by atoms with Crippen molar-refractivity contribution in [2.45, 2.75) is 90.1 Å². The quantitative estimate of drug-likeness (QED) is 0.0870. The molecule has 2 aromatic rings. The Labute approximate surface area is 239 Å². The van der Waals surface area contributed by atoms with Gasteiger partial charge in [-0.25, -0.2) is 4.79 Å². The molecule has 0 saturated heterocycles. The van der Waals surface area contributed by atoms with Crippen molar-refractivity contribution in [3.05, 3.63) is 59.7 Å². The van der Waals surface area contributed by atoms with Crippen LogP contribution in [0.5, 0.6) is 5.75 Å². The molecule has 1 saturated carbocycles. The number of hydrogen-bond donors (Lipinski definition) is 2. The maximum absolute atomic E-state index is 12.7. The third kappa shape index (κ3) is 10.0. The number of ether oxygens (including phenoxy) is 3. The second kappa shape index (κ2) is 15.5. The third-order valence-electron chi connectivity index (χ3n) is 7.50. The largest absolute Gasteiger partial charge is 0.462 e. The van der Waals surface area contributed by atoms with Gasteiger partial charge in [0, 0.05) is 29.5 Å². The van der Waals surface area contributed by atoms with Crippen LogP contribution in [0.25, 0.3) is 6.08 Å². The van der Waals surface area contributed by atoms with Crippen LogP contribution in [0.3, 0.4) is 0 Å². The molecular formula is C33H46N2O5. The fourth-order valence-electron chi connectivity index (χ4n) is 5.01. The van der Waals surface area contributed by atoms with Crippen LogP contribution in [0.1, 0.15) is 89.7 Å². The Balaban J connectivity index is 1.38. The molecule has 0 bridgehead atoms. The number of hydrogen-bond acceptors (Lipinski definition) is 7. The molecule has 0 unspecified atom stereocenters. The van der Waals surface area contributed by atoms with Crippen molar-refractivity contribution < 1.29 is 23.8 Å². The van der Waals surface area contributed by atoms with E-state index >= 15 is 0 Å². The first-order valence-electron chi connectivity index (χ1n) is 14.6. The highest BCUT2D eigenvalue weighted by Crippen LogP contribution is 2.30. The maximum atomic E-state index is 12.7. The number of carbonyl (C=O) groups is 2. The number of esters is 2. The van der Waals surface area contributed by atoms with Crippen molar-refractivity contribution in [2.24, 2.45) is 5.92 Å². The van der Waals surface area contributed by atoms with Gasteiger partial charge < -0.3 is 25.7 Å². The molecule has 0 aromatic heterocycles. The number of unbranched alkanes of at least 4 members (excludes halogenated alkanes) is 4. The highest BCUT2D eigenvalue weighted by Gasteiger charge is 2.28. The second-order valence-electron chi connectivity index (χ2n) is 11.4. The number of anilines is 2. The van der Waals surface area contributed by atoms with E-state index in [0.29, 0.717) is 17.1 Å². The summed E-state index contributed by atoms with van der Waals surface area (Å²) in [6, 6.07) is 12.4. The van der Waals surface area contributed by atoms with E-state index in [1.807, 2.05) is 19.9 Å². The Hall–Kier alpha value is -3.32. The second-order valence-corrected chi connectivity index (χ2v) is 11.4. The molecule has 1 aliphatic carbocycles. The van der Waals surface area contributed by atoms with E-state index in [1.165, 1.54) is 31.8 Å². The predicted molar refractivity (Wildman–Crippen MR) is 161 cm³/mol. The first-order valence-corrected chi connectivity index (χ1v) is 14.6. The Kier molecular flexibility index (Phi) is 12.1. The van der Waals surface area contributed by atoms with Gasteiger partial charge in [-0.1, -0.05) is 64.7 Å². The summed E-state index contributed by atoms with van der Waals surface area (Å²) in [5.41, 5.74) is 14.3. The fourth-order valence-corrected chi connectivity index (χ4v) is 5.01. The lowest BCUT2D eigenvalue weighted by molar-refractivity contribution is -0.141. The van der Waals surface area contributed by atoms with E-state index in [9.17, 15) is 9.59 Å². The first kappa shape index (κ1) is 31.2. The number of rotatable bonds is 14. The third-order valence-corrected chi connectivity index (χ3v) is 7.50. The molecule has 0 radical (unpaired) electrons. The number of nitrogen functional groups attached to an aromatic ring is 2. The SMILES string of the molecule is CCCCCCCOC1CCC(C(=O)Oc2ccc(/C=C/C(=O)OCC(C)(C)c3ccc(N)cc3N)cc2)CC1. The molecule has 4 N–H and O–H groups in total. The molecule has 7 heteroatoms. The summed E-state index contributed by atoms with van der Waals surface area (Å²) in [5, 5.41) is 0. The predicted octanol–water partition coefficient (Wildman–Crippen LogP) is 6.84. The molecule has 3 rings (SSSR count). The highest BCUT2D eigenvalue weighted by molar-refractivity contribution is 5.87. The van der Waals surface area contributed by atoms with Crippen LogP contribution >= 0.6 is 0 Å². The molecule has 7 nitrogen and oxygen atoms in total. The summed E-state index contributed by atoms with van der Waals surface area (Å²) in [5.74, 6) is -0.229. The van der Waals surface area contributed by atoms with Crippen molar-refractivity contribution in [1.82, 2.24) is 0 Å². The van der Waals surface area contributed by atoms with Gasteiger partial charge in [0.2, 0.25) is 0 Å². The van der Waals surface area contributed by atoms with Crippen molar-refractivity contribution >= 4 is 29.4 Å². The Morgan fingerprint density at radius 3 is 2.33 bits per heavy atom. The summed E-state index contributed by atoms with van der Waals surface area (Å²) in [4.78, 5) is 25.0. The number of benzene rings is 2. The van der Waals surface area contributed by atoms with Crippen LogP contribution in [0.4, 0.5) is 11.4 Å². The topological polar surface area (TPSA) is 114 Å². The average Bonchev–Trinajstić information content (AvgIpc) is 2.93. The van der Waals surface area contributed by atoms with Gasteiger partial charge in [0.25, 0.3) is 0 Å². The zero-order valence-electron chi connectivity index (χ0n) is 24.3. The van der Waals surface area contributed by atoms with Crippen molar-refractivity contribution in [3.63, 3.8) is 0 Å². The normalized spacial score (nSPS) is 17.6. The van der Waals surface area contributed by atoms with E-state index in [-0.39, 0.29) is 24.6 Å². The molecule has 2 aromatic carbocycles. The fraction of sp³-hybridized carbons (Fsp3) is 0.515. The zero-order valence-corrected chi connectivity index (χ0v) is 24.3. The summed E-state index contributed by atoms with van der Waals surface area (Å²) in [6.45, 7) is 7.13. The van der Waals surface area contributed by atoms with Crippen LogP contribution < -0.4 is 16.2 Å². The van der Waals surface area contributed by atoms with Crippen molar-refractivity contribution in [1.29, 1.82) is 0 Å². The summed E-state index contributed by atoms with van der Waals surface area (Å²) < 4.78 is 17.1.